The van der Waals surface area contributed by atoms with Gasteiger partial charge in [0.25, 0.3) is 5.91 Å². The maximum absolute atomic E-state index is 13.3. The number of rotatable bonds is 6. The number of amides is 1. The molecule has 0 saturated carbocycles. The van der Waals surface area contributed by atoms with Crippen LogP contribution in [0.2, 0.25) is 0 Å². The molecule has 1 amide bonds. The molecule has 0 aliphatic heterocycles. The predicted molar refractivity (Wildman–Crippen MR) is 139 cm³/mol. The minimum absolute atomic E-state index is 0.0470. The second-order valence-corrected chi connectivity index (χ2v) is 8.94. The van der Waals surface area contributed by atoms with Crippen LogP contribution >= 0.6 is 11.9 Å². The lowest BCUT2D eigenvalue weighted by atomic mass is 9.98. The van der Waals surface area contributed by atoms with Gasteiger partial charge in [-0.05, 0) is 51.5 Å². The van der Waals surface area contributed by atoms with Crippen molar-refractivity contribution in [2.45, 2.75) is 33.7 Å². The zero-order valence-electron chi connectivity index (χ0n) is 19.9. The lowest BCUT2D eigenvalue weighted by molar-refractivity contribution is 0.0980. The Morgan fingerprint density at radius 2 is 1.79 bits per heavy atom. The third-order valence-electron chi connectivity index (χ3n) is 5.71. The number of nitrogens with zero attached hydrogens (tertiary/aromatic N) is 1. The highest BCUT2D eigenvalue weighted by atomic mass is 32.2. The third kappa shape index (κ3) is 4.56. The van der Waals surface area contributed by atoms with E-state index in [2.05, 4.69) is 15.0 Å². The number of anilines is 1. The van der Waals surface area contributed by atoms with Crippen molar-refractivity contribution < 1.29 is 9.21 Å². The van der Waals surface area contributed by atoms with E-state index in [1.807, 2.05) is 75.4 Å². The number of hydrogen-bond donors (Lipinski definition) is 2. The monoisotopic (exact) mass is 473 g/mol. The number of carbonyl (C=O) groups is 1. The zero-order valence-corrected chi connectivity index (χ0v) is 20.7. The summed E-state index contributed by atoms with van der Waals surface area (Å²) in [4.78, 5) is 30.3. The van der Waals surface area contributed by atoms with E-state index in [0.717, 1.165) is 22.4 Å². The molecule has 2 heterocycles. The molecule has 0 spiro atoms. The number of nitrogens with one attached hydrogen (secondary N) is 2. The smallest absolute Gasteiger partial charge is 0.281 e. The topological polar surface area (TPSA) is 84.2 Å². The summed E-state index contributed by atoms with van der Waals surface area (Å²) < 4.78 is 9.14. The first-order chi connectivity index (χ1) is 16.3. The average molecular weight is 474 g/mol. The third-order valence-corrected chi connectivity index (χ3v) is 6.10. The maximum atomic E-state index is 13.3. The number of aromatic nitrogens is 1. The summed E-state index contributed by atoms with van der Waals surface area (Å²) in [6.07, 6.45) is 1.79. The highest BCUT2D eigenvalue weighted by molar-refractivity contribution is 7.97. The Labute approximate surface area is 202 Å². The standard InChI is InChI=1S/C27H27N3O3S/c1-15-13-20(18(4)29-22-12-11-16(2)28-23(22)27(32)30-34-5)26-21(14-15)24(31)17(3)25(33-26)19-9-7-6-8-10-19/h6-14,18,29H,1-5H3,(H,30,32). The van der Waals surface area contributed by atoms with Crippen LogP contribution in [-0.4, -0.2) is 17.1 Å². The Morgan fingerprint density at radius 3 is 2.50 bits per heavy atom. The molecule has 0 fully saturated rings. The van der Waals surface area contributed by atoms with Crippen molar-refractivity contribution in [2.75, 3.05) is 11.6 Å². The molecule has 4 rings (SSSR count). The Morgan fingerprint density at radius 1 is 1.06 bits per heavy atom. The van der Waals surface area contributed by atoms with Crippen molar-refractivity contribution >= 4 is 34.5 Å². The largest absolute Gasteiger partial charge is 0.455 e. The van der Waals surface area contributed by atoms with E-state index >= 15 is 0 Å². The Balaban J connectivity index is 1.84. The summed E-state index contributed by atoms with van der Waals surface area (Å²) in [5.74, 6) is 0.293. The van der Waals surface area contributed by atoms with Gasteiger partial charge < -0.3 is 9.73 Å². The van der Waals surface area contributed by atoms with Gasteiger partial charge in [-0.15, -0.1) is 0 Å². The second-order valence-electron chi connectivity index (χ2n) is 8.33. The molecule has 0 saturated heterocycles. The molecule has 1 atom stereocenters. The van der Waals surface area contributed by atoms with E-state index in [1.165, 1.54) is 11.9 Å². The van der Waals surface area contributed by atoms with Crippen molar-refractivity contribution in [1.29, 1.82) is 0 Å². The molecule has 4 aromatic rings. The van der Waals surface area contributed by atoms with Gasteiger partial charge in [0.1, 0.15) is 11.3 Å². The molecule has 2 aromatic heterocycles. The Hall–Kier alpha value is -3.58. The maximum Gasteiger partial charge on any atom is 0.281 e. The quantitative estimate of drug-likeness (QED) is 0.336. The summed E-state index contributed by atoms with van der Waals surface area (Å²) in [7, 11) is 0. The van der Waals surface area contributed by atoms with Crippen LogP contribution in [0.1, 0.15) is 45.8 Å². The summed E-state index contributed by atoms with van der Waals surface area (Å²) in [5.41, 5.74) is 5.39. The first-order valence-electron chi connectivity index (χ1n) is 11.0. The Kier molecular flexibility index (Phi) is 6.75. The van der Waals surface area contributed by atoms with E-state index in [9.17, 15) is 9.59 Å². The van der Waals surface area contributed by atoms with Crippen LogP contribution in [0.25, 0.3) is 22.3 Å². The van der Waals surface area contributed by atoms with Gasteiger partial charge >= 0.3 is 0 Å². The van der Waals surface area contributed by atoms with Gasteiger partial charge in [0.15, 0.2) is 11.1 Å². The summed E-state index contributed by atoms with van der Waals surface area (Å²) in [5, 5.41) is 3.96. The average Bonchev–Trinajstić information content (AvgIpc) is 2.83. The minimum Gasteiger partial charge on any atom is -0.455 e. The van der Waals surface area contributed by atoms with Gasteiger partial charge in [0, 0.05) is 28.6 Å². The van der Waals surface area contributed by atoms with Crippen molar-refractivity contribution in [3.8, 4) is 11.3 Å². The van der Waals surface area contributed by atoms with Crippen LogP contribution < -0.4 is 15.5 Å². The van der Waals surface area contributed by atoms with Crippen LogP contribution in [0, 0.1) is 20.8 Å². The number of pyridine rings is 1. The molecule has 7 heteroatoms. The van der Waals surface area contributed by atoms with Crippen molar-refractivity contribution in [2.24, 2.45) is 0 Å². The van der Waals surface area contributed by atoms with Gasteiger partial charge in [0.2, 0.25) is 0 Å². The van der Waals surface area contributed by atoms with E-state index in [-0.39, 0.29) is 17.4 Å². The van der Waals surface area contributed by atoms with Gasteiger partial charge in [-0.25, -0.2) is 4.98 Å². The number of benzene rings is 2. The molecule has 0 bridgehead atoms. The first kappa shape index (κ1) is 23.6. The summed E-state index contributed by atoms with van der Waals surface area (Å²) in [6.45, 7) is 7.58. The van der Waals surface area contributed by atoms with E-state index < -0.39 is 0 Å². The Bertz CT molecular complexity index is 1430. The number of fused-ring (bicyclic) bond motifs is 1. The molecule has 6 nitrogen and oxygen atoms in total. The molecule has 0 radical (unpaired) electrons. The first-order valence-corrected chi connectivity index (χ1v) is 12.2. The predicted octanol–water partition coefficient (Wildman–Crippen LogP) is 5.96. The van der Waals surface area contributed by atoms with Crippen molar-refractivity contribution in [1.82, 2.24) is 9.71 Å². The van der Waals surface area contributed by atoms with Crippen LogP contribution in [0.5, 0.6) is 0 Å². The van der Waals surface area contributed by atoms with Crippen LogP contribution in [0.15, 0.2) is 63.8 Å². The molecule has 34 heavy (non-hydrogen) atoms. The van der Waals surface area contributed by atoms with Gasteiger partial charge in [-0.1, -0.05) is 48.3 Å². The van der Waals surface area contributed by atoms with E-state index in [4.69, 9.17) is 4.42 Å². The van der Waals surface area contributed by atoms with Crippen LogP contribution in [-0.2, 0) is 0 Å². The summed E-state index contributed by atoms with van der Waals surface area (Å²) in [6, 6.07) is 17.0. The number of aryl methyl sites for hydroxylation is 2. The van der Waals surface area contributed by atoms with E-state index in [0.29, 0.717) is 33.7 Å². The second kappa shape index (κ2) is 9.73. The van der Waals surface area contributed by atoms with Crippen LogP contribution in [0.4, 0.5) is 5.69 Å². The normalized spacial score (nSPS) is 11.9. The molecule has 174 valence electrons. The van der Waals surface area contributed by atoms with Crippen LogP contribution in [0.3, 0.4) is 0 Å². The lowest BCUT2D eigenvalue weighted by Gasteiger charge is -2.20. The lowest BCUT2D eigenvalue weighted by Crippen LogP contribution is -2.20. The molecule has 0 aliphatic rings. The summed E-state index contributed by atoms with van der Waals surface area (Å²) >= 11 is 1.22. The molecule has 0 aliphatic carbocycles. The SMILES string of the molecule is CSNC(=O)c1nc(C)ccc1NC(C)c1cc(C)cc2c(=O)c(C)c(-c3ccccc3)oc12. The molecular weight excluding hydrogens is 446 g/mol. The van der Waals surface area contributed by atoms with Crippen molar-refractivity contribution in [3.05, 3.63) is 92.9 Å². The molecule has 1 unspecified atom stereocenters. The minimum atomic E-state index is -0.270. The molecule has 2 aromatic carbocycles. The molecule has 2 N–H and O–H groups in total. The van der Waals surface area contributed by atoms with Gasteiger partial charge in [-0.3, -0.25) is 14.3 Å². The fourth-order valence-electron chi connectivity index (χ4n) is 4.05. The van der Waals surface area contributed by atoms with Gasteiger partial charge in [0.05, 0.1) is 17.1 Å². The van der Waals surface area contributed by atoms with E-state index in [1.54, 1.807) is 13.2 Å². The highest BCUT2D eigenvalue weighted by Gasteiger charge is 2.21. The van der Waals surface area contributed by atoms with Crippen molar-refractivity contribution in [3.63, 3.8) is 0 Å². The fourth-order valence-corrected chi connectivity index (χ4v) is 4.33. The fraction of sp³-hybridized carbons (Fsp3) is 0.222. The molecular formula is C27H27N3O3S. The number of carbonyl (C=O) groups excluding carboxylic acids is 1. The highest BCUT2D eigenvalue weighted by Crippen LogP contribution is 2.32. The van der Waals surface area contributed by atoms with Gasteiger partial charge in [-0.2, -0.15) is 0 Å². The zero-order chi connectivity index (χ0) is 24.4. The number of hydrogen-bond acceptors (Lipinski definition) is 6.